The molecule has 3 heterocycles. The Labute approximate surface area is 156 Å². The molecule has 0 unspecified atom stereocenters. The van der Waals surface area contributed by atoms with Gasteiger partial charge in [0.05, 0.1) is 5.69 Å². The summed E-state index contributed by atoms with van der Waals surface area (Å²) in [5, 5.41) is 7.41. The lowest BCUT2D eigenvalue weighted by atomic mass is 9.93. The van der Waals surface area contributed by atoms with Crippen molar-refractivity contribution in [2.45, 2.75) is 63.2 Å². The van der Waals surface area contributed by atoms with E-state index in [1.165, 1.54) is 0 Å². The van der Waals surface area contributed by atoms with Crippen LogP contribution in [0.3, 0.4) is 0 Å². The number of rotatable bonds is 2. The van der Waals surface area contributed by atoms with Gasteiger partial charge in [-0.25, -0.2) is 4.68 Å². The maximum absolute atomic E-state index is 13.4. The Morgan fingerprint density at radius 2 is 2.11 bits per heavy atom. The van der Waals surface area contributed by atoms with Gasteiger partial charge in [-0.05, 0) is 39.0 Å². The molecule has 1 aromatic heterocycles. The van der Waals surface area contributed by atoms with E-state index in [4.69, 9.17) is 0 Å². The van der Waals surface area contributed by atoms with Gasteiger partial charge >= 0.3 is 6.18 Å². The van der Waals surface area contributed by atoms with Crippen LogP contribution in [0.25, 0.3) is 0 Å². The lowest BCUT2D eigenvalue weighted by molar-refractivity contribution is -0.173. The van der Waals surface area contributed by atoms with Crippen molar-refractivity contribution in [2.24, 2.45) is 5.92 Å². The molecule has 1 aliphatic carbocycles. The second kappa shape index (κ2) is 6.87. The number of nitrogens with one attached hydrogen (secondary N) is 1. The topological polar surface area (TPSA) is 50.2 Å². The van der Waals surface area contributed by atoms with Crippen LogP contribution >= 0.6 is 0 Å². The van der Waals surface area contributed by atoms with Crippen LogP contribution in [0.4, 0.5) is 19.0 Å². The third kappa shape index (κ3) is 3.58. The quantitative estimate of drug-likeness (QED) is 0.790. The zero-order valence-corrected chi connectivity index (χ0v) is 15.4. The second-order valence-electron chi connectivity index (χ2n) is 7.99. The van der Waals surface area contributed by atoms with E-state index in [2.05, 4.69) is 22.6 Å². The van der Waals surface area contributed by atoms with Gasteiger partial charge in [0, 0.05) is 37.0 Å². The maximum atomic E-state index is 13.4. The molecular formula is C19H25F3N4O. The normalized spacial score (nSPS) is 30.9. The Morgan fingerprint density at radius 1 is 1.30 bits per heavy atom. The van der Waals surface area contributed by atoms with Gasteiger partial charge in [-0.3, -0.25) is 4.79 Å². The fourth-order valence-electron chi connectivity index (χ4n) is 4.45. The van der Waals surface area contributed by atoms with E-state index in [0.29, 0.717) is 24.6 Å². The molecule has 1 fully saturated rings. The lowest BCUT2D eigenvalue weighted by Crippen LogP contribution is -2.37. The average molecular weight is 382 g/mol. The Bertz CT molecular complexity index is 742. The van der Waals surface area contributed by atoms with E-state index in [-0.39, 0.29) is 30.2 Å². The van der Waals surface area contributed by atoms with Gasteiger partial charge in [-0.2, -0.15) is 18.3 Å². The molecule has 4 rings (SSSR count). The summed E-state index contributed by atoms with van der Waals surface area (Å²) in [7, 11) is 0. The zero-order chi connectivity index (χ0) is 19.2. The Hall–Kier alpha value is -1.99. The summed E-state index contributed by atoms with van der Waals surface area (Å²) in [6.45, 7) is 2.95. The first-order valence-electron chi connectivity index (χ1n) is 9.69. The predicted molar refractivity (Wildman–Crippen MR) is 95.4 cm³/mol. The van der Waals surface area contributed by atoms with Crippen molar-refractivity contribution < 1.29 is 18.0 Å². The van der Waals surface area contributed by atoms with E-state index in [0.717, 1.165) is 30.4 Å². The van der Waals surface area contributed by atoms with Gasteiger partial charge in [-0.15, -0.1) is 0 Å². The molecule has 1 saturated heterocycles. The Kier molecular flexibility index (Phi) is 4.68. The van der Waals surface area contributed by atoms with Gasteiger partial charge in [0.2, 0.25) is 5.91 Å². The van der Waals surface area contributed by atoms with E-state index < -0.39 is 12.2 Å². The highest BCUT2D eigenvalue weighted by molar-refractivity contribution is 5.79. The SMILES string of the molecule is C[C@@H]1C[C@H](C(F)(F)F)n2nc([C@H]3CCN(C(=O)[C@H]4CC=CCC4)C3)cc2N1. The predicted octanol–water partition coefficient (Wildman–Crippen LogP) is 3.86. The molecule has 1 N–H and O–H groups in total. The molecule has 8 heteroatoms. The summed E-state index contributed by atoms with van der Waals surface area (Å²) in [6, 6.07) is -0.114. The number of alkyl halides is 3. The fourth-order valence-corrected chi connectivity index (χ4v) is 4.45. The van der Waals surface area contributed by atoms with Crippen molar-refractivity contribution in [1.29, 1.82) is 0 Å². The molecule has 4 atom stereocenters. The van der Waals surface area contributed by atoms with Crippen molar-refractivity contribution in [1.82, 2.24) is 14.7 Å². The van der Waals surface area contributed by atoms with Crippen LogP contribution in [-0.4, -0.2) is 45.9 Å². The molecule has 27 heavy (non-hydrogen) atoms. The van der Waals surface area contributed by atoms with Crippen molar-refractivity contribution in [3.63, 3.8) is 0 Å². The minimum Gasteiger partial charge on any atom is -0.368 e. The number of halogens is 3. The van der Waals surface area contributed by atoms with Gasteiger partial charge in [-0.1, -0.05) is 12.2 Å². The molecule has 0 aromatic carbocycles. The number of hydrogen-bond acceptors (Lipinski definition) is 3. The van der Waals surface area contributed by atoms with Crippen LogP contribution in [0.1, 0.15) is 56.7 Å². The fraction of sp³-hybridized carbons (Fsp3) is 0.684. The molecule has 0 bridgehead atoms. The minimum absolute atomic E-state index is 0.00262. The monoisotopic (exact) mass is 382 g/mol. The summed E-state index contributed by atoms with van der Waals surface area (Å²) in [4.78, 5) is 14.6. The number of carbonyl (C=O) groups is 1. The van der Waals surface area contributed by atoms with E-state index in [1.54, 1.807) is 13.0 Å². The van der Waals surface area contributed by atoms with E-state index in [9.17, 15) is 18.0 Å². The van der Waals surface area contributed by atoms with Gasteiger partial charge in [0.25, 0.3) is 0 Å². The summed E-state index contributed by atoms with van der Waals surface area (Å²) >= 11 is 0. The Balaban J connectivity index is 1.49. The van der Waals surface area contributed by atoms with Gasteiger partial charge in [0.1, 0.15) is 5.82 Å². The number of hydrogen-bond donors (Lipinski definition) is 1. The molecule has 3 aliphatic rings. The van der Waals surface area contributed by atoms with Crippen LogP contribution < -0.4 is 5.32 Å². The number of allylic oxidation sites excluding steroid dienone is 2. The van der Waals surface area contributed by atoms with Gasteiger partial charge < -0.3 is 10.2 Å². The van der Waals surface area contributed by atoms with Crippen LogP contribution in [0.2, 0.25) is 0 Å². The molecule has 1 aromatic rings. The van der Waals surface area contributed by atoms with Crippen molar-refractivity contribution in [3.8, 4) is 0 Å². The molecule has 148 valence electrons. The molecule has 1 amide bonds. The maximum Gasteiger partial charge on any atom is 0.410 e. The van der Waals surface area contributed by atoms with Gasteiger partial charge in [0.15, 0.2) is 6.04 Å². The first-order valence-corrected chi connectivity index (χ1v) is 9.69. The number of carbonyl (C=O) groups excluding carboxylic acids is 1. The summed E-state index contributed by atoms with van der Waals surface area (Å²) in [5.41, 5.74) is 0.652. The number of fused-ring (bicyclic) bond motifs is 1. The standard InChI is InChI=1S/C19H25F3N4O/c1-12-9-16(19(20,21)22)26-17(23-12)10-15(24-26)14-7-8-25(11-14)18(27)13-5-3-2-4-6-13/h2-3,10,12-14,16,23H,4-9,11H2,1H3/t12-,13+,14+,16-/m1/s1. The van der Waals surface area contributed by atoms with Crippen molar-refractivity contribution in [3.05, 3.63) is 23.9 Å². The number of likely N-dealkylation sites (tertiary alicyclic amines) is 1. The molecule has 0 radical (unpaired) electrons. The first kappa shape index (κ1) is 18.4. The summed E-state index contributed by atoms with van der Waals surface area (Å²) < 4.78 is 41.3. The molecule has 5 nitrogen and oxygen atoms in total. The van der Waals surface area contributed by atoms with Crippen molar-refractivity contribution >= 4 is 11.7 Å². The highest BCUT2D eigenvalue weighted by Crippen LogP contribution is 2.41. The number of aromatic nitrogens is 2. The minimum atomic E-state index is -4.32. The van der Waals surface area contributed by atoms with Crippen LogP contribution in [0.15, 0.2) is 18.2 Å². The second-order valence-corrected chi connectivity index (χ2v) is 7.99. The molecule has 0 saturated carbocycles. The zero-order valence-electron chi connectivity index (χ0n) is 15.4. The summed E-state index contributed by atoms with van der Waals surface area (Å²) in [6.07, 6.45) is 3.17. The first-order chi connectivity index (χ1) is 12.8. The number of nitrogens with zero attached hydrogens (tertiary/aromatic N) is 3. The highest BCUT2D eigenvalue weighted by atomic mass is 19.4. The van der Waals surface area contributed by atoms with Crippen LogP contribution in [-0.2, 0) is 4.79 Å². The smallest absolute Gasteiger partial charge is 0.368 e. The third-order valence-corrected chi connectivity index (χ3v) is 5.94. The third-order valence-electron chi connectivity index (χ3n) is 5.94. The average Bonchev–Trinajstić information content (AvgIpc) is 3.27. The molecular weight excluding hydrogens is 357 g/mol. The number of amides is 1. The number of anilines is 1. The van der Waals surface area contributed by atoms with E-state index >= 15 is 0 Å². The van der Waals surface area contributed by atoms with E-state index in [1.807, 2.05) is 4.90 Å². The Morgan fingerprint density at radius 3 is 2.81 bits per heavy atom. The van der Waals surface area contributed by atoms with Crippen LogP contribution in [0, 0.1) is 5.92 Å². The van der Waals surface area contributed by atoms with Crippen LogP contribution in [0.5, 0.6) is 0 Å². The van der Waals surface area contributed by atoms with Crippen molar-refractivity contribution in [2.75, 3.05) is 18.4 Å². The highest BCUT2D eigenvalue weighted by Gasteiger charge is 2.46. The summed E-state index contributed by atoms with van der Waals surface area (Å²) in [5.74, 6) is 0.636. The lowest BCUT2D eigenvalue weighted by Gasteiger charge is -2.31. The largest absolute Gasteiger partial charge is 0.410 e. The molecule has 0 spiro atoms. The molecule has 2 aliphatic heterocycles.